The summed E-state index contributed by atoms with van der Waals surface area (Å²) in [5.41, 5.74) is 0.383. The van der Waals surface area contributed by atoms with Gasteiger partial charge in [-0.3, -0.25) is 4.79 Å². The number of rotatable bonds is 6. The molecule has 0 aliphatic rings. The number of hydrogen-bond acceptors (Lipinski definition) is 7. The van der Waals surface area contributed by atoms with Crippen LogP contribution in [0.15, 0.2) is 58.5 Å². The van der Waals surface area contributed by atoms with Crippen LogP contribution in [0.4, 0.5) is 0 Å². The van der Waals surface area contributed by atoms with Crippen molar-refractivity contribution in [2.45, 2.75) is 17.6 Å². The zero-order valence-corrected chi connectivity index (χ0v) is 16.4. The molecule has 0 spiro atoms. The number of benzene rings is 2. The average molecular weight is 415 g/mol. The summed E-state index contributed by atoms with van der Waals surface area (Å²) in [4.78, 5) is 12.5. The van der Waals surface area contributed by atoms with E-state index in [4.69, 9.17) is 16.3 Å². The molecule has 4 aromatic rings. The molecule has 0 aliphatic carbocycles. The van der Waals surface area contributed by atoms with Gasteiger partial charge >= 0.3 is 0 Å². The first-order valence-corrected chi connectivity index (χ1v) is 9.71. The van der Waals surface area contributed by atoms with E-state index >= 15 is 0 Å². The first kappa shape index (κ1) is 18.5. The zero-order chi connectivity index (χ0) is 19.5. The number of nitrogens with zero attached hydrogens (tertiary/aromatic N) is 6. The maximum absolute atomic E-state index is 12.5. The van der Waals surface area contributed by atoms with Gasteiger partial charge in [0.1, 0.15) is 17.9 Å². The molecule has 2 aromatic heterocycles. The molecule has 0 unspecified atom stereocenters. The predicted molar refractivity (Wildman–Crippen MR) is 106 cm³/mol. The summed E-state index contributed by atoms with van der Waals surface area (Å²) in [5.74, 6) is 1.49. The monoisotopic (exact) mass is 414 g/mol. The summed E-state index contributed by atoms with van der Waals surface area (Å²) < 4.78 is 8.82. The van der Waals surface area contributed by atoms with Crippen LogP contribution in [-0.4, -0.2) is 29.8 Å². The number of ether oxygens (including phenoxy) is 1. The lowest BCUT2D eigenvalue weighted by Crippen LogP contribution is -2.23. The van der Waals surface area contributed by atoms with Crippen LogP contribution in [0.25, 0.3) is 10.9 Å². The maximum atomic E-state index is 12.5. The minimum absolute atomic E-state index is 0.192. The van der Waals surface area contributed by atoms with Crippen molar-refractivity contribution >= 4 is 34.3 Å². The molecule has 0 atom stereocenters. The van der Waals surface area contributed by atoms with E-state index in [1.54, 1.807) is 34.9 Å². The molecule has 0 saturated heterocycles. The van der Waals surface area contributed by atoms with Crippen LogP contribution < -0.4 is 10.3 Å². The van der Waals surface area contributed by atoms with Gasteiger partial charge in [0.25, 0.3) is 5.56 Å². The first-order chi connectivity index (χ1) is 13.6. The lowest BCUT2D eigenvalue weighted by Gasteiger charge is -2.08. The molecule has 28 heavy (non-hydrogen) atoms. The van der Waals surface area contributed by atoms with Crippen molar-refractivity contribution < 1.29 is 4.74 Å². The highest BCUT2D eigenvalue weighted by molar-refractivity contribution is 7.98. The first-order valence-electron chi connectivity index (χ1n) is 8.34. The average Bonchev–Trinajstić information content (AvgIpc) is 3.07. The van der Waals surface area contributed by atoms with E-state index in [1.165, 1.54) is 16.4 Å². The topological polar surface area (TPSA) is 87.7 Å². The molecule has 2 heterocycles. The van der Waals surface area contributed by atoms with E-state index in [2.05, 4.69) is 20.5 Å². The lowest BCUT2D eigenvalue weighted by molar-refractivity contribution is 0.290. The third kappa shape index (κ3) is 3.71. The third-order valence-corrected chi connectivity index (χ3v) is 5.36. The summed E-state index contributed by atoms with van der Waals surface area (Å²) in [6.07, 6.45) is 0. The molecule has 0 aliphatic heterocycles. The Balaban J connectivity index is 1.46. The third-order valence-electron chi connectivity index (χ3n) is 4.06. The van der Waals surface area contributed by atoms with Crippen molar-refractivity contribution in [3.05, 3.63) is 69.7 Å². The summed E-state index contributed by atoms with van der Waals surface area (Å²) in [7, 11) is 1.84. The highest BCUT2D eigenvalue weighted by atomic mass is 35.5. The van der Waals surface area contributed by atoms with Crippen molar-refractivity contribution in [1.29, 1.82) is 0 Å². The smallest absolute Gasteiger partial charge is 0.278 e. The van der Waals surface area contributed by atoms with Gasteiger partial charge < -0.3 is 9.30 Å². The van der Waals surface area contributed by atoms with Crippen LogP contribution in [-0.2, 0) is 19.5 Å². The molecule has 10 heteroatoms. The Morgan fingerprint density at radius 1 is 1.07 bits per heavy atom. The molecule has 0 saturated carbocycles. The Morgan fingerprint density at radius 3 is 2.71 bits per heavy atom. The molecule has 4 rings (SSSR count). The number of fused-ring (bicyclic) bond motifs is 1. The maximum Gasteiger partial charge on any atom is 0.278 e. The van der Waals surface area contributed by atoms with Gasteiger partial charge in [-0.05, 0) is 24.3 Å². The van der Waals surface area contributed by atoms with Crippen molar-refractivity contribution in [2.24, 2.45) is 7.05 Å². The predicted octanol–water partition coefficient (Wildman–Crippen LogP) is 2.90. The van der Waals surface area contributed by atoms with Crippen LogP contribution in [0.1, 0.15) is 5.82 Å². The fourth-order valence-electron chi connectivity index (χ4n) is 2.53. The van der Waals surface area contributed by atoms with E-state index in [9.17, 15) is 4.79 Å². The van der Waals surface area contributed by atoms with Crippen LogP contribution >= 0.6 is 23.4 Å². The van der Waals surface area contributed by atoms with Gasteiger partial charge in [0.2, 0.25) is 0 Å². The highest BCUT2D eigenvalue weighted by Crippen LogP contribution is 2.24. The fraction of sp³-hybridized carbons (Fsp3) is 0.167. The number of thioether (sulfide) groups is 1. The van der Waals surface area contributed by atoms with Gasteiger partial charge in [-0.25, -0.2) is 0 Å². The van der Waals surface area contributed by atoms with Gasteiger partial charge in [-0.15, -0.1) is 15.3 Å². The van der Waals surface area contributed by atoms with E-state index in [1.807, 2.05) is 25.2 Å². The second-order valence-corrected chi connectivity index (χ2v) is 7.18. The molecular weight excluding hydrogens is 400 g/mol. The van der Waals surface area contributed by atoms with Crippen LogP contribution in [0.3, 0.4) is 0 Å². The second-order valence-electron chi connectivity index (χ2n) is 5.86. The van der Waals surface area contributed by atoms with Gasteiger partial charge in [0.15, 0.2) is 11.0 Å². The highest BCUT2D eigenvalue weighted by Gasteiger charge is 2.12. The molecule has 0 fully saturated rings. The summed E-state index contributed by atoms with van der Waals surface area (Å²) in [6.45, 7) is 0.226. The van der Waals surface area contributed by atoms with Crippen LogP contribution in [0, 0.1) is 0 Å². The second kappa shape index (κ2) is 7.99. The Labute approximate surface area is 169 Å². The SMILES string of the molecule is Cn1c(COc2ccccc2Cl)nnc1SCn1nnc2ccccc2c1=O. The van der Waals surface area contributed by atoms with E-state index in [0.717, 1.165) is 0 Å². The Hall–Kier alpha value is -2.91. The zero-order valence-electron chi connectivity index (χ0n) is 14.8. The molecular formula is C18H15ClN6O2S. The van der Waals surface area contributed by atoms with Gasteiger partial charge in [-0.1, -0.05) is 52.8 Å². The van der Waals surface area contributed by atoms with E-state index < -0.39 is 0 Å². The molecule has 8 nitrogen and oxygen atoms in total. The van der Waals surface area contributed by atoms with E-state index in [-0.39, 0.29) is 18.0 Å². The fourth-order valence-corrected chi connectivity index (χ4v) is 3.52. The van der Waals surface area contributed by atoms with Gasteiger partial charge in [0, 0.05) is 7.05 Å². The minimum atomic E-state index is -0.192. The molecule has 142 valence electrons. The van der Waals surface area contributed by atoms with Crippen LogP contribution in [0.5, 0.6) is 5.75 Å². The summed E-state index contributed by atoms with van der Waals surface area (Å²) in [6, 6.07) is 14.4. The molecule has 0 bridgehead atoms. The quantitative estimate of drug-likeness (QED) is 0.448. The molecule has 0 amide bonds. The Bertz CT molecular complexity index is 1190. The van der Waals surface area contributed by atoms with Crippen molar-refractivity contribution in [3.8, 4) is 5.75 Å². The molecule has 0 N–H and O–H groups in total. The normalized spacial score (nSPS) is 11.1. The van der Waals surface area contributed by atoms with Crippen molar-refractivity contribution in [3.63, 3.8) is 0 Å². The Morgan fingerprint density at radius 2 is 1.86 bits per heavy atom. The van der Waals surface area contributed by atoms with Crippen molar-refractivity contribution in [1.82, 2.24) is 29.8 Å². The summed E-state index contributed by atoms with van der Waals surface area (Å²) in [5, 5.41) is 18.1. The summed E-state index contributed by atoms with van der Waals surface area (Å²) >= 11 is 7.43. The lowest BCUT2D eigenvalue weighted by atomic mass is 10.2. The molecule has 2 aromatic carbocycles. The number of halogens is 1. The number of hydrogen-bond donors (Lipinski definition) is 0. The van der Waals surface area contributed by atoms with Gasteiger partial charge in [0.05, 0.1) is 16.3 Å². The number of para-hydroxylation sites is 1. The minimum Gasteiger partial charge on any atom is -0.484 e. The Kier molecular flexibility index (Phi) is 5.27. The number of aromatic nitrogens is 6. The van der Waals surface area contributed by atoms with Crippen LogP contribution in [0.2, 0.25) is 5.02 Å². The van der Waals surface area contributed by atoms with Gasteiger partial charge in [-0.2, -0.15) is 4.68 Å². The standard InChI is InChI=1S/C18H15ClN6O2S/c1-24-16(10-27-15-9-5-3-7-13(15)19)21-22-18(24)28-11-25-17(26)12-6-2-4-8-14(12)20-23-25/h2-9H,10-11H2,1H3. The largest absolute Gasteiger partial charge is 0.484 e. The van der Waals surface area contributed by atoms with E-state index in [0.29, 0.717) is 32.7 Å². The van der Waals surface area contributed by atoms with Crippen molar-refractivity contribution in [2.75, 3.05) is 0 Å². The molecule has 0 radical (unpaired) electrons.